The lowest BCUT2D eigenvalue weighted by Gasteiger charge is -2.30. The largest absolute Gasteiger partial charge is 0.462 e. The standard InChI is InChI=1S/C36H27F9O6/c1-4-49-31(46)22-13-7-19(8-14-22)25-26(20-9-15-23(16-10-20)32(47)50-5-2)29(35(40,41)42)30(36(43,44)45)27(28(25)34(37,38)39)21-11-17-24(18-12-21)33(48)51-6-3/h7-18H,4-6H2,1-3H3. The summed E-state index contributed by atoms with van der Waals surface area (Å²) in [6.45, 7) is 4.08. The van der Waals surface area contributed by atoms with Crippen LogP contribution in [0.4, 0.5) is 39.5 Å². The molecular formula is C36H27F9O6. The topological polar surface area (TPSA) is 78.9 Å². The molecule has 0 N–H and O–H groups in total. The van der Waals surface area contributed by atoms with Crippen molar-refractivity contribution in [1.82, 2.24) is 0 Å². The number of alkyl halides is 9. The van der Waals surface area contributed by atoms with Crippen molar-refractivity contribution in [2.24, 2.45) is 0 Å². The van der Waals surface area contributed by atoms with E-state index >= 15 is 39.5 Å². The number of carbonyl (C=O) groups is 3. The second-order valence-electron chi connectivity index (χ2n) is 10.6. The van der Waals surface area contributed by atoms with Crippen LogP contribution in [0.25, 0.3) is 33.4 Å². The Kier molecular flexibility index (Phi) is 11.2. The molecule has 4 aromatic rings. The summed E-state index contributed by atoms with van der Waals surface area (Å²) in [5.41, 5.74) is -14.9. The third-order valence-electron chi connectivity index (χ3n) is 7.40. The maximum Gasteiger partial charge on any atom is 0.417 e. The van der Waals surface area contributed by atoms with Crippen molar-refractivity contribution in [2.75, 3.05) is 19.8 Å². The zero-order valence-electron chi connectivity index (χ0n) is 26.9. The lowest BCUT2D eigenvalue weighted by Crippen LogP contribution is -2.24. The van der Waals surface area contributed by atoms with Gasteiger partial charge in [0.25, 0.3) is 0 Å². The lowest BCUT2D eigenvalue weighted by molar-refractivity contribution is -0.162. The molecule has 0 fully saturated rings. The number of hydrogen-bond donors (Lipinski definition) is 0. The van der Waals surface area contributed by atoms with Gasteiger partial charge < -0.3 is 14.2 Å². The van der Waals surface area contributed by atoms with Gasteiger partial charge >= 0.3 is 36.4 Å². The van der Waals surface area contributed by atoms with Crippen molar-refractivity contribution < 1.29 is 68.1 Å². The minimum Gasteiger partial charge on any atom is -0.462 e. The number of ether oxygens (including phenoxy) is 3. The molecule has 4 aromatic carbocycles. The summed E-state index contributed by atoms with van der Waals surface area (Å²) < 4.78 is 151. The molecule has 0 radical (unpaired) electrons. The van der Waals surface area contributed by atoms with Crippen LogP contribution in [0.5, 0.6) is 0 Å². The fourth-order valence-electron chi connectivity index (χ4n) is 5.43. The molecule has 4 rings (SSSR count). The first kappa shape index (κ1) is 38.5. The molecule has 0 bridgehead atoms. The van der Waals surface area contributed by atoms with Gasteiger partial charge in [-0.25, -0.2) is 14.4 Å². The van der Waals surface area contributed by atoms with E-state index < -0.39 is 86.5 Å². The molecule has 0 aliphatic rings. The number of hydrogen-bond acceptors (Lipinski definition) is 6. The van der Waals surface area contributed by atoms with Crippen molar-refractivity contribution in [1.29, 1.82) is 0 Å². The van der Waals surface area contributed by atoms with Gasteiger partial charge in [0.1, 0.15) is 0 Å². The highest BCUT2D eigenvalue weighted by Gasteiger charge is 2.52. The maximum atomic E-state index is 15.4. The molecule has 0 saturated heterocycles. The van der Waals surface area contributed by atoms with Crippen molar-refractivity contribution in [3.8, 4) is 33.4 Å². The maximum absolute atomic E-state index is 15.4. The Balaban J connectivity index is 2.28. The van der Waals surface area contributed by atoms with Gasteiger partial charge in [0.15, 0.2) is 0 Å². The molecule has 0 amide bonds. The smallest absolute Gasteiger partial charge is 0.417 e. The van der Waals surface area contributed by atoms with Crippen LogP contribution in [0.15, 0.2) is 72.8 Å². The summed E-state index contributed by atoms with van der Waals surface area (Å²) in [6.07, 6.45) is -17.7. The average molecular weight is 727 g/mol. The number of esters is 3. The molecular weight excluding hydrogens is 699 g/mol. The Hall–Kier alpha value is -5.34. The molecule has 51 heavy (non-hydrogen) atoms. The Morgan fingerprint density at radius 1 is 0.412 bits per heavy atom. The van der Waals surface area contributed by atoms with Crippen LogP contribution in [-0.4, -0.2) is 37.7 Å². The molecule has 6 nitrogen and oxygen atoms in total. The Morgan fingerprint density at radius 3 is 0.902 bits per heavy atom. The first-order valence-corrected chi connectivity index (χ1v) is 15.1. The highest BCUT2D eigenvalue weighted by molar-refractivity contribution is 5.98. The van der Waals surface area contributed by atoms with Crippen LogP contribution >= 0.6 is 0 Å². The van der Waals surface area contributed by atoms with E-state index in [9.17, 15) is 14.4 Å². The number of benzene rings is 4. The molecule has 0 heterocycles. The second kappa shape index (κ2) is 14.9. The summed E-state index contributed by atoms with van der Waals surface area (Å²) in [4.78, 5) is 36.7. The highest BCUT2D eigenvalue weighted by atomic mass is 19.4. The first-order valence-electron chi connectivity index (χ1n) is 15.1. The fourth-order valence-corrected chi connectivity index (χ4v) is 5.43. The van der Waals surface area contributed by atoms with Gasteiger partial charge in [0, 0.05) is 16.7 Å². The zero-order valence-corrected chi connectivity index (χ0v) is 26.9. The summed E-state index contributed by atoms with van der Waals surface area (Å²) in [5, 5.41) is 0. The van der Waals surface area contributed by atoms with Crippen LogP contribution in [0, 0.1) is 0 Å². The summed E-state index contributed by atoms with van der Waals surface area (Å²) in [5.74, 6) is -2.83. The predicted molar refractivity (Wildman–Crippen MR) is 166 cm³/mol. The lowest BCUT2D eigenvalue weighted by atomic mass is 9.78. The minimum absolute atomic E-state index is 0.0864. The number of halogens is 9. The van der Waals surface area contributed by atoms with E-state index in [0.717, 1.165) is 60.7 Å². The van der Waals surface area contributed by atoms with E-state index in [0.29, 0.717) is 12.1 Å². The van der Waals surface area contributed by atoms with E-state index in [1.165, 1.54) is 20.8 Å². The van der Waals surface area contributed by atoms with Crippen molar-refractivity contribution in [3.63, 3.8) is 0 Å². The van der Waals surface area contributed by atoms with Gasteiger partial charge in [0.2, 0.25) is 0 Å². The minimum atomic E-state index is -6.04. The highest BCUT2D eigenvalue weighted by Crippen LogP contribution is 2.57. The molecule has 0 aromatic heterocycles. The third-order valence-corrected chi connectivity index (χ3v) is 7.40. The number of carbonyl (C=O) groups excluding carboxylic acids is 3. The second-order valence-corrected chi connectivity index (χ2v) is 10.6. The number of rotatable bonds is 9. The molecule has 0 saturated carbocycles. The van der Waals surface area contributed by atoms with Gasteiger partial charge in [-0.15, -0.1) is 0 Å². The van der Waals surface area contributed by atoms with E-state index in [2.05, 4.69) is 0 Å². The summed E-state index contributed by atoms with van der Waals surface area (Å²) in [7, 11) is 0. The van der Waals surface area contributed by atoms with Crippen molar-refractivity contribution in [3.05, 3.63) is 106 Å². The quantitative estimate of drug-likeness (QED) is 0.0971. The normalized spacial score (nSPS) is 12.0. The molecule has 0 spiro atoms. The monoisotopic (exact) mass is 726 g/mol. The Bertz CT molecular complexity index is 1910. The van der Waals surface area contributed by atoms with Gasteiger partial charge in [-0.05, 0) is 73.9 Å². The molecule has 0 aliphatic heterocycles. The molecule has 15 heteroatoms. The van der Waals surface area contributed by atoms with Crippen LogP contribution in [0.1, 0.15) is 68.5 Å². The molecule has 0 atom stereocenters. The van der Waals surface area contributed by atoms with E-state index in [1.54, 1.807) is 0 Å². The summed E-state index contributed by atoms with van der Waals surface area (Å²) in [6, 6.07) is 9.98. The van der Waals surface area contributed by atoms with E-state index in [4.69, 9.17) is 14.2 Å². The van der Waals surface area contributed by atoms with E-state index in [-0.39, 0.29) is 36.5 Å². The van der Waals surface area contributed by atoms with Crippen LogP contribution < -0.4 is 0 Å². The van der Waals surface area contributed by atoms with Gasteiger partial charge in [-0.2, -0.15) is 39.5 Å². The Labute approximate surface area is 284 Å². The predicted octanol–water partition coefficient (Wildman–Crippen LogP) is 10.3. The first-order chi connectivity index (χ1) is 23.8. The Morgan fingerprint density at radius 2 is 0.647 bits per heavy atom. The fraction of sp³-hybridized carbons (Fsp3) is 0.250. The molecule has 0 aliphatic carbocycles. The van der Waals surface area contributed by atoms with Gasteiger partial charge in [-0.3, -0.25) is 0 Å². The van der Waals surface area contributed by atoms with Crippen LogP contribution in [-0.2, 0) is 32.7 Å². The van der Waals surface area contributed by atoms with Crippen molar-refractivity contribution >= 4 is 17.9 Å². The SMILES string of the molecule is CCOC(=O)c1ccc(-c2c(-c3ccc(C(=O)OCC)cc3)c(C(F)(F)F)c(C(F)(F)F)c(-c3ccc(C(=O)OCC)cc3)c2C(F)(F)F)cc1. The van der Waals surface area contributed by atoms with Crippen LogP contribution in [0.3, 0.4) is 0 Å². The third kappa shape index (κ3) is 8.18. The van der Waals surface area contributed by atoms with Gasteiger partial charge in [-0.1, -0.05) is 36.4 Å². The van der Waals surface area contributed by atoms with Crippen molar-refractivity contribution in [2.45, 2.75) is 39.3 Å². The van der Waals surface area contributed by atoms with E-state index in [1.807, 2.05) is 0 Å². The molecule has 0 unspecified atom stereocenters. The zero-order chi connectivity index (χ0) is 37.9. The average Bonchev–Trinajstić information content (AvgIpc) is 3.06. The van der Waals surface area contributed by atoms with Crippen LogP contribution in [0.2, 0.25) is 0 Å². The van der Waals surface area contributed by atoms with Gasteiger partial charge in [0.05, 0.1) is 53.2 Å². The molecule has 270 valence electrons. The summed E-state index contributed by atoms with van der Waals surface area (Å²) >= 11 is 0.